The van der Waals surface area contributed by atoms with Crippen LogP contribution in [0, 0.1) is 0 Å². The average Bonchev–Trinajstić information content (AvgIpc) is 2.86. The van der Waals surface area contributed by atoms with Gasteiger partial charge in [0.15, 0.2) is 0 Å². The van der Waals surface area contributed by atoms with E-state index in [0.29, 0.717) is 6.54 Å². The number of hydrogen-bond acceptors (Lipinski definition) is 2. The van der Waals surface area contributed by atoms with Gasteiger partial charge in [-0.25, -0.2) is 9.78 Å². The molecule has 0 saturated heterocycles. The number of carbonyl (C=O) groups excluding carboxylic acids is 1. The van der Waals surface area contributed by atoms with Gasteiger partial charge >= 0.3 is 6.03 Å². The van der Waals surface area contributed by atoms with Crippen LogP contribution in [0.5, 0.6) is 0 Å². The third kappa shape index (κ3) is 4.38. The molecule has 6 heteroatoms. The molecule has 5 nitrogen and oxygen atoms in total. The lowest BCUT2D eigenvalue weighted by atomic mass is 9.99. The van der Waals surface area contributed by atoms with Gasteiger partial charge in [0.25, 0.3) is 0 Å². The van der Waals surface area contributed by atoms with E-state index in [1.54, 1.807) is 6.33 Å². The molecule has 128 valence electrons. The second-order valence-corrected chi connectivity index (χ2v) is 7.24. The molecule has 1 aromatic heterocycles. The number of nitrogens with one attached hydrogen (secondary N) is 2. The van der Waals surface area contributed by atoms with Crippen molar-refractivity contribution >= 4 is 22.0 Å². The first-order chi connectivity index (χ1) is 11.6. The summed E-state index contributed by atoms with van der Waals surface area (Å²) in [5, 5.41) is 6.08. The summed E-state index contributed by atoms with van der Waals surface area (Å²) < 4.78 is 3.01. The lowest BCUT2D eigenvalue weighted by molar-refractivity contribution is 0.236. The zero-order valence-corrected chi connectivity index (χ0v) is 15.5. The third-order valence-corrected chi connectivity index (χ3v) is 4.89. The van der Waals surface area contributed by atoms with E-state index in [9.17, 15) is 4.79 Å². The zero-order valence-electron chi connectivity index (χ0n) is 13.9. The van der Waals surface area contributed by atoms with Crippen LogP contribution in [-0.4, -0.2) is 22.1 Å². The number of aryl methyl sites for hydroxylation is 2. The number of fused-ring (bicyclic) bond motifs is 1. The predicted octanol–water partition coefficient (Wildman–Crippen LogP) is 3.49. The van der Waals surface area contributed by atoms with E-state index in [4.69, 9.17) is 0 Å². The highest BCUT2D eigenvalue weighted by molar-refractivity contribution is 9.10. The van der Waals surface area contributed by atoms with Crippen molar-refractivity contribution in [2.24, 2.45) is 7.05 Å². The van der Waals surface area contributed by atoms with Crippen LogP contribution in [0.15, 0.2) is 35.2 Å². The van der Waals surface area contributed by atoms with Gasteiger partial charge in [0.05, 0.1) is 18.1 Å². The number of carbonyl (C=O) groups is 1. The van der Waals surface area contributed by atoms with Gasteiger partial charge in [0.2, 0.25) is 0 Å². The van der Waals surface area contributed by atoms with Crippen LogP contribution in [0.25, 0.3) is 0 Å². The summed E-state index contributed by atoms with van der Waals surface area (Å²) in [6, 6.07) is 6.34. The second kappa shape index (κ2) is 7.83. The summed E-state index contributed by atoms with van der Waals surface area (Å²) in [5.74, 6) is 0. The highest BCUT2D eigenvalue weighted by atomic mass is 79.9. The number of hydrogen-bond donors (Lipinski definition) is 2. The SMILES string of the molecule is Cn1cnc(CCNC(=O)NC2CCCCc3cc(Br)ccc32)c1. The van der Waals surface area contributed by atoms with Gasteiger partial charge in [0, 0.05) is 30.7 Å². The van der Waals surface area contributed by atoms with Crippen LogP contribution in [0.4, 0.5) is 4.79 Å². The van der Waals surface area contributed by atoms with Crippen LogP contribution in [-0.2, 0) is 19.9 Å². The smallest absolute Gasteiger partial charge is 0.315 e. The van der Waals surface area contributed by atoms with Crippen molar-refractivity contribution < 1.29 is 4.79 Å². The highest BCUT2D eigenvalue weighted by Gasteiger charge is 2.20. The highest BCUT2D eigenvalue weighted by Crippen LogP contribution is 2.30. The van der Waals surface area contributed by atoms with Crippen LogP contribution in [0.2, 0.25) is 0 Å². The minimum absolute atomic E-state index is 0.0884. The Morgan fingerprint density at radius 1 is 1.42 bits per heavy atom. The molecule has 3 rings (SSSR count). The van der Waals surface area contributed by atoms with Crippen molar-refractivity contribution in [3.63, 3.8) is 0 Å². The Labute approximate surface area is 151 Å². The van der Waals surface area contributed by atoms with Gasteiger partial charge in [-0.2, -0.15) is 0 Å². The molecule has 0 spiro atoms. The number of benzene rings is 1. The largest absolute Gasteiger partial charge is 0.340 e. The minimum Gasteiger partial charge on any atom is -0.340 e. The summed E-state index contributed by atoms with van der Waals surface area (Å²) >= 11 is 3.54. The molecule has 0 aliphatic heterocycles. The van der Waals surface area contributed by atoms with Crippen molar-refractivity contribution in [3.8, 4) is 0 Å². The lowest BCUT2D eigenvalue weighted by Gasteiger charge is -2.20. The fourth-order valence-corrected chi connectivity index (χ4v) is 3.62. The average molecular weight is 391 g/mol. The van der Waals surface area contributed by atoms with Crippen molar-refractivity contribution in [2.45, 2.75) is 38.1 Å². The molecule has 2 amide bonds. The summed E-state index contributed by atoms with van der Waals surface area (Å²) in [4.78, 5) is 16.5. The Bertz CT molecular complexity index is 713. The maximum atomic E-state index is 12.2. The van der Waals surface area contributed by atoms with Gasteiger partial charge < -0.3 is 15.2 Å². The number of halogens is 1. The molecule has 0 radical (unpaired) electrons. The van der Waals surface area contributed by atoms with Gasteiger partial charge in [-0.15, -0.1) is 0 Å². The molecule has 2 aromatic rings. The van der Waals surface area contributed by atoms with Crippen molar-refractivity contribution in [3.05, 3.63) is 52.0 Å². The standard InChI is InChI=1S/C18H23BrN4O/c1-23-11-15(21-12-23)8-9-20-18(24)22-17-5-3-2-4-13-10-14(19)6-7-16(13)17/h6-7,10-12,17H,2-5,8-9H2,1H3,(H2,20,22,24). The summed E-state index contributed by atoms with van der Waals surface area (Å²) in [6.45, 7) is 0.586. The van der Waals surface area contributed by atoms with Crippen LogP contribution in [0.1, 0.15) is 42.1 Å². The Kier molecular flexibility index (Phi) is 5.56. The number of aromatic nitrogens is 2. The molecular formula is C18H23BrN4O. The second-order valence-electron chi connectivity index (χ2n) is 6.32. The number of rotatable bonds is 4. The molecule has 0 saturated carbocycles. The first-order valence-corrected chi connectivity index (χ1v) is 9.20. The van der Waals surface area contributed by atoms with E-state index in [0.717, 1.165) is 35.8 Å². The molecule has 0 fully saturated rings. The minimum atomic E-state index is -0.105. The molecule has 1 heterocycles. The summed E-state index contributed by atoms with van der Waals surface area (Å²) in [5.41, 5.74) is 3.57. The van der Waals surface area contributed by atoms with E-state index in [-0.39, 0.29) is 12.1 Å². The van der Waals surface area contributed by atoms with Gasteiger partial charge in [-0.1, -0.05) is 28.4 Å². The normalized spacial score (nSPS) is 17.0. The molecule has 0 bridgehead atoms. The van der Waals surface area contributed by atoms with Crippen LogP contribution < -0.4 is 10.6 Å². The van der Waals surface area contributed by atoms with Crippen LogP contribution >= 0.6 is 15.9 Å². The zero-order chi connectivity index (χ0) is 16.9. The van der Waals surface area contributed by atoms with Gasteiger partial charge in [0.1, 0.15) is 0 Å². The predicted molar refractivity (Wildman–Crippen MR) is 97.9 cm³/mol. The number of amides is 2. The monoisotopic (exact) mass is 390 g/mol. The Balaban J connectivity index is 1.56. The van der Waals surface area contributed by atoms with E-state index in [2.05, 4.69) is 49.7 Å². The topological polar surface area (TPSA) is 59.0 Å². The molecule has 1 atom stereocenters. The Hall–Kier alpha value is -1.82. The number of imidazole rings is 1. The summed E-state index contributed by atoms with van der Waals surface area (Å²) in [6.07, 6.45) is 8.85. The first-order valence-electron chi connectivity index (χ1n) is 8.41. The molecule has 1 aliphatic rings. The molecular weight excluding hydrogens is 368 g/mol. The first kappa shape index (κ1) is 17.0. The molecule has 1 aliphatic carbocycles. The van der Waals surface area contributed by atoms with Crippen LogP contribution in [0.3, 0.4) is 0 Å². The Morgan fingerprint density at radius 2 is 2.29 bits per heavy atom. The Morgan fingerprint density at radius 3 is 3.08 bits per heavy atom. The maximum absolute atomic E-state index is 12.2. The summed E-state index contributed by atoms with van der Waals surface area (Å²) in [7, 11) is 1.94. The van der Waals surface area contributed by atoms with Crippen molar-refractivity contribution in [2.75, 3.05) is 6.54 Å². The molecule has 1 aromatic carbocycles. The third-order valence-electron chi connectivity index (χ3n) is 4.40. The fraction of sp³-hybridized carbons (Fsp3) is 0.444. The van der Waals surface area contributed by atoms with E-state index in [1.165, 1.54) is 17.5 Å². The quantitative estimate of drug-likeness (QED) is 0.784. The molecule has 24 heavy (non-hydrogen) atoms. The van der Waals surface area contributed by atoms with Crippen molar-refractivity contribution in [1.29, 1.82) is 0 Å². The van der Waals surface area contributed by atoms with Gasteiger partial charge in [-0.3, -0.25) is 0 Å². The van der Waals surface area contributed by atoms with E-state index < -0.39 is 0 Å². The fourth-order valence-electron chi connectivity index (χ4n) is 3.21. The van der Waals surface area contributed by atoms with Gasteiger partial charge in [-0.05, 0) is 42.5 Å². The molecule has 1 unspecified atom stereocenters. The maximum Gasteiger partial charge on any atom is 0.315 e. The van der Waals surface area contributed by atoms with E-state index in [1.807, 2.05) is 17.8 Å². The van der Waals surface area contributed by atoms with E-state index >= 15 is 0 Å². The number of urea groups is 1. The molecule has 2 N–H and O–H groups in total. The van der Waals surface area contributed by atoms with Crippen molar-refractivity contribution in [1.82, 2.24) is 20.2 Å². The lowest BCUT2D eigenvalue weighted by Crippen LogP contribution is -2.39. The number of nitrogens with zero attached hydrogens (tertiary/aromatic N) is 2.